The molecule has 9 nitrogen and oxygen atoms in total. The number of nitrogens with zero attached hydrogens (tertiary/aromatic N) is 7. The maximum atomic E-state index is 13.4. The number of likely N-dealkylation sites (tertiary alicyclic amines) is 1. The van der Waals surface area contributed by atoms with Crippen molar-refractivity contribution in [2.75, 3.05) is 13.1 Å². The Morgan fingerprint density at radius 1 is 1.28 bits per heavy atom. The minimum atomic E-state index is -0.156. The van der Waals surface area contributed by atoms with Crippen molar-refractivity contribution in [1.82, 2.24) is 33.8 Å². The van der Waals surface area contributed by atoms with E-state index in [4.69, 9.17) is 0 Å². The van der Waals surface area contributed by atoms with Crippen LogP contribution in [-0.2, 0) is 6.54 Å². The molecule has 1 amide bonds. The lowest BCUT2D eigenvalue weighted by Crippen LogP contribution is -2.31. The molecule has 0 aromatic carbocycles. The fourth-order valence-corrected chi connectivity index (χ4v) is 4.10. The van der Waals surface area contributed by atoms with Gasteiger partial charge in [0.15, 0.2) is 0 Å². The van der Waals surface area contributed by atoms with E-state index >= 15 is 0 Å². The van der Waals surface area contributed by atoms with Crippen molar-refractivity contribution in [3.05, 3.63) is 58.9 Å². The van der Waals surface area contributed by atoms with Crippen LogP contribution in [0, 0.1) is 0 Å². The third-order valence-corrected chi connectivity index (χ3v) is 5.51. The van der Waals surface area contributed by atoms with E-state index in [1.54, 1.807) is 35.3 Å². The molecule has 4 aromatic heterocycles. The van der Waals surface area contributed by atoms with Crippen molar-refractivity contribution in [2.24, 2.45) is 0 Å². The molecule has 0 N–H and O–H groups in total. The van der Waals surface area contributed by atoms with Gasteiger partial charge in [0.1, 0.15) is 17.0 Å². The monoisotopic (exact) mass is 391 g/mol. The molecule has 4 aromatic rings. The van der Waals surface area contributed by atoms with E-state index in [-0.39, 0.29) is 17.5 Å². The number of carbonyl (C=O) groups excluding carboxylic acids is 1. The van der Waals surface area contributed by atoms with Crippen LogP contribution in [0.2, 0.25) is 0 Å². The van der Waals surface area contributed by atoms with Crippen molar-refractivity contribution in [2.45, 2.75) is 32.4 Å². The fourth-order valence-electron chi connectivity index (χ4n) is 4.10. The Balaban J connectivity index is 1.58. The van der Waals surface area contributed by atoms with Crippen molar-refractivity contribution in [3.63, 3.8) is 0 Å². The van der Waals surface area contributed by atoms with Crippen molar-refractivity contribution >= 4 is 22.6 Å². The molecule has 148 valence electrons. The molecule has 5 heterocycles. The minimum absolute atomic E-state index is 0.0764. The lowest BCUT2D eigenvalue weighted by Gasteiger charge is -2.18. The molecule has 0 aliphatic carbocycles. The zero-order valence-corrected chi connectivity index (χ0v) is 16.1. The van der Waals surface area contributed by atoms with E-state index in [0.717, 1.165) is 12.8 Å². The van der Waals surface area contributed by atoms with Gasteiger partial charge in [0.2, 0.25) is 0 Å². The average Bonchev–Trinajstić information content (AvgIpc) is 3.48. The summed E-state index contributed by atoms with van der Waals surface area (Å²) in [5.41, 5.74) is 1.50. The first-order chi connectivity index (χ1) is 14.2. The Kier molecular flexibility index (Phi) is 4.15. The quantitative estimate of drug-likeness (QED) is 0.529. The summed E-state index contributed by atoms with van der Waals surface area (Å²) in [7, 11) is 0. The minimum Gasteiger partial charge on any atom is -0.335 e. The van der Waals surface area contributed by atoms with Gasteiger partial charge < -0.3 is 9.47 Å². The average molecular weight is 391 g/mol. The van der Waals surface area contributed by atoms with Gasteiger partial charge in [-0.05, 0) is 31.0 Å². The number of fused-ring (bicyclic) bond motifs is 2. The lowest BCUT2D eigenvalue weighted by atomic mass is 10.3. The normalized spacial score (nSPS) is 16.9. The summed E-state index contributed by atoms with van der Waals surface area (Å²) >= 11 is 0. The Morgan fingerprint density at radius 3 is 2.97 bits per heavy atom. The predicted octanol–water partition coefficient (Wildman–Crippen LogP) is 1.74. The van der Waals surface area contributed by atoms with Crippen LogP contribution in [0.4, 0.5) is 0 Å². The van der Waals surface area contributed by atoms with Crippen LogP contribution in [-0.4, -0.2) is 52.8 Å². The van der Waals surface area contributed by atoms with Gasteiger partial charge in [-0.2, -0.15) is 0 Å². The SMILES string of the molecule is CCCn1c(C(=O)N2CC[C@H](n3ccnn3)C2)cc2c(=O)n3ccccc3nc21. The summed E-state index contributed by atoms with van der Waals surface area (Å²) in [5, 5.41) is 8.39. The van der Waals surface area contributed by atoms with Gasteiger partial charge >= 0.3 is 0 Å². The molecule has 0 saturated carbocycles. The van der Waals surface area contributed by atoms with Crippen molar-refractivity contribution in [1.29, 1.82) is 0 Å². The molecular weight excluding hydrogens is 370 g/mol. The number of hydrogen-bond acceptors (Lipinski definition) is 5. The number of aromatic nitrogens is 6. The van der Waals surface area contributed by atoms with Crippen LogP contribution < -0.4 is 5.56 Å². The van der Waals surface area contributed by atoms with E-state index in [9.17, 15) is 9.59 Å². The summed E-state index contributed by atoms with van der Waals surface area (Å²) in [4.78, 5) is 32.8. The number of amides is 1. The first kappa shape index (κ1) is 17.6. The van der Waals surface area contributed by atoms with Crippen LogP contribution in [0.15, 0.2) is 47.7 Å². The molecule has 0 unspecified atom stereocenters. The first-order valence-electron chi connectivity index (χ1n) is 9.83. The number of carbonyl (C=O) groups is 1. The molecule has 0 spiro atoms. The van der Waals surface area contributed by atoms with Gasteiger partial charge in [-0.1, -0.05) is 18.2 Å². The molecule has 1 aliphatic heterocycles. The molecular formula is C20H21N7O2. The summed E-state index contributed by atoms with van der Waals surface area (Å²) in [6.45, 7) is 3.89. The van der Waals surface area contributed by atoms with Gasteiger partial charge in [0.05, 0.1) is 17.6 Å². The van der Waals surface area contributed by atoms with Crippen molar-refractivity contribution < 1.29 is 4.79 Å². The second-order valence-corrected chi connectivity index (χ2v) is 7.34. The van der Waals surface area contributed by atoms with Crippen LogP contribution in [0.5, 0.6) is 0 Å². The highest BCUT2D eigenvalue weighted by Gasteiger charge is 2.31. The summed E-state index contributed by atoms with van der Waals surface area (Å²) < 4.78 is 5.20. The number of aryl methyl sites for hydroxylation is 1. The fraction of sp³-hybridized carbons (Fsp3) is 0.350. The van der Waals surface area contributed by atoms with Crippen LogP contribution >= 0.6 is 0 Å². The highest BCUT2D eigenvalue weighted by Crippen LogP contribution is 2.24. The van der Waals surface area contributed by atoms with Crippen LogP contribution in [0.3, 0.4) is 0 Å². The Morgan fingerprint density at radius 2 is 2.17 bits per heavy atom. The third kappa shape index (κ3) is 2.81. The van der Waals surface area contributed by atoms with Gasteiger partial charge in [0.25, 0.3) is 11.5 Å². The highest BCUT2D eigenvalue weighted by atomic mass is 16.2. The van der Waals surface area contributed by atoms with E-state index < -0.39 is 0 Å². The van der Waals surface area contributed by atoms with E-state index in [1.807, 2.05) is 28.7 Å². The Labute approximate surface area is 166 Å². The van der Waals surface area contributed by atoms with Crippen molar-refractivity contribution in [3.8, 4) is 0 Å². The predicted molar refractivity (Wildman–Crippen MR) is 107 cm³/mol. The maximum Gasteiger partial charge on any atom is 0.270 e. The number of rotatable bonds is 4. The second-order valence-electron chi connectivity index (χ2n) is 7.34. The summed E-state index contributed by atoms with van der Waals surface area (Å²) in [6.07, 6.45) is 6.83. The number of hydrogen-bond donors (Lipinski definition) is 0. The third-order valence-electron chi connectivity index (χ3n) is 5.51. The van der Waals surface area contributed by atoms with Gasteiger partial charge in [0, 0.05) is 32.0 Å². The molecule has 5 rings (SSSR count). The van der Waals surface area contributed by atoms with Crippen LogP contribution in [0.1, 0.15) is 36.3 Å². The molecule has 1 fully saturated rings. The van der Waals surface area contributed by atoms with E-state index in [1.165, 1.54) is 4.40 Å². The topological polar surface area (TPSA) is 90.3 Å². The van der Waals surface area contributed by atoms with Gasteiger partial charge in [-0.3, -0.25) is 14.0 Å². The Hall–Kier alpha value is -3.49. The standard InChI is InChI=1S/C20H21N7O2/c1-2-8-25-16(20(29)24-10-6-14(13-24)27-11-7-21-23-27)12-15-18(25)22-17-5-3-4-9-26(17)19(15)28/h3-5,7,9,11-12,14H,2,6,8,10,13H2,1H3/t14-/m0/s1. The lowest BCUT2D eigenvalue weighted by molar-refractivity contribution is 0.0776. The van der Waals surface area contributed by atoms with E-state index in [2.05, 4.69) is 15.3 Å². The second kappa shape index (κ2) is 6.84. The smallest absolute Gasteiger partial charge is 0.270 e. The number of pyridine rings is 1. The molecule has 29 heavy (non-hydrogen) atoms. The van der Waals surface area contributed by atoms with Gasteiger partial charge in [-0.25, -0.2) is 9.67 Å². The molecule has 9 heteroatoms. The van der Waals surface area contributed by atoms with Crippen LogP contribution in [0.25, 0.3) is 16.7 Å². The zero-order valence-electron chi connectivity index (χ0n) is 16.1. The highest BCUT2D eigenvalue weighted by molar-refractivity contribution is 5.98. The summed E-state index contributed by atoms with van der Waals surface area (Å²) in [6, 6.07) is 7.27. The largest absolute Gasteiger partial charge is 0.335 e. The van der Waals surface area contributed by atoms with E-state index in [0.29, 0.717) is 42.0 Å². The maximum absolute atomic E-state index is 13.4. The molecule has 1 atom stereocenters. The molecule has 1 saturated heterocycles. The van der Waals surface area contributed by atoms with Gasteiger partial charge in [-0.15, -0.1) is 5.10 Å². The summed E-state index contributed by atoms with van der Waals surface area (Å²) in [5.74, 6) is -0.0764. The first-order valence-corrected chi connectivity index (χ1v) is 9.83. The molecule has 0 bridgehead atoms. The molecule has 0 radical (unpaired) electrons. The Bertz CT molecular complexity index is 1260. The zero-order chi connectivity index (χ0) is 20.0. The molecule has 1 aliphatic rings.